The van der Waals surface area contributed by atoms with E-state index in [1.807, 2.05) is 40.8 Å². The van der Waals surface area contributed by atoms with Gasteiger partial charge in [0.15, 0.2) is 22.6 Å². The highest BCUT2D eigenvalue weighted by molar-refractivity contribution is 6.29. The molecule has 2 heterocycles. The van der Waals surface area contributed by atoms with Crippen molar-refractivity contribution in [3.63, 3.8) is 0 Å². The van der Waals surface area contributed by atoms with Gasteiger partial charge in [-0.25, -0.2) is 22.8 Å². The largest absolute Gasteiger partial charge is 0.494 e. The molecule has 39 heavy (non-hydrogen) atoms. The molecule has 210 valence electrons. The molecule has 2 aromatic carbocycles. The molecule has 0 radical (unpaired) electrons. The summed E-state index contributed by atoms with van der Waals surface area (Å²) in [5.74, 6) is -4.11. The van der Waals surface area contributed by atoms with Crippen LogP contribution in [0.3, 0.4) is 0 Å². The van der Waals surface area contributed by atoms with Crippen LogP contribution in [-0.4, -0.2) is 38.2 Å². The molecule has 0 fully saturated rings. The molecule has 2 N–H and O–H groups in total. The molecule has 0 saturated heterocycles. The van der Waals surface area contributed by atoms with Crippen LogP contribution in [0.15, 0.2) is 53.7 Å². The van der Waals surface area contributed by atoms with E-state index < -0.39 is 35.7 Å². The molecule has 0 spiro atoms. The number of nitrogens with zero attached hydrogens (tertiary/aromatic N) is 4. The second-order valence-electron chi connectivity index (χ2n) is 7.56. The Morgan fingerprint density at radius 2 is 1.72 bits per heavy atom. The maximum atomic E-state index is 13.8. The summed E-state index contributed by atoms with van der Waals surface area (Å²) in [6, 6.07) is 6.40. The summed E-state index contributed by atoms with van der Waals surface area (Å²) in [7, 11) is 1.50. The van der Waals surface area contributed by atoms with Crippen LogP contribution in [0, 0.1) is 24.4 Å². The number of aliphatic hydroxyl groups excluding tert-OH is 1. The Hall–Kier alpha value is -3.83. The molecule has 8 nitrogen and oxygen atoms in total. The Labute approximate surface area is 229 Å². The minimum atomic E-state index is -1.66. The number of hydrogen-bond acceptors (Lipinski definition) is 6. The molecule has 0 bridgehead atoms. The third-order valence-electron chi connectivity index (χ3n) is 5.21. The standard InChI is InChI=1S/C23H19ClF3N5O3.2C2H6/c1-12-9-31(11-28-12)18-4-3-14(7-20(18)35-2)29-17-8-21(24)30-32(23(17)34)19(10-33)13-5-15(25)22(27)16(26)6-13;2*1-2/h3-9,11,19,29,33H,10H2,1-2H3;2*1-2H3/t19-;;/m0../s1. The molecular formula is C27H31ClF3N5O3. The number of ether oxygens (including phenoxy) is 1. The fourth-order valence-corrected chi connectivity index (χ4v) is 3.74. The summed E-state index contributed by atoms with van der Waals surface area (Å²) in [5, 5.41) is 16.5. The van der Waals surface area contributed by atoms with Gasteiger partial charge in [0.1, 0.15) is 17.5 Å². The minimum Gasteiger partial charge on any atom is -0.494 e. The van der Waals surface area contributed by atoms with Gasteiger partial charge in [-0.1, -0.05) is 39.3 Å². The van der Waals surface area contributed by atoms with Crippen molar-refractivity contribution in [2.24, 2.45) is 0 Å². The van der Waals surface area contributed by atoms with Gasteiger partial charge < -0.3 is 19.7 Å². The van der Waals surface area contributed by atoms with Crippen molar-refractivity contribution in [1.29, 1.82) is 0 Å². The first-order valence-electron chi connectivity index (χ1n) is 12.2. The highest BCUT2D eigenvalue weighted by Gasteiger charge is 2.22. The fourth-order valence-electron chi connectivity index (χ4n) is 3.55. The van der Waals surface area contributed by atoms with Gasteiger partial charge in [-0.05, 0) is 36.8 Å². The number of halogens is 4. The first-order valence-corrected chi connectivity index (χ1v) is 12.6. The molecule has 1 atom stereocenters. The van der Waals surface area contributed by atoms with E-state index in [2.05, 4.69) is 15.4 Å². The number of benzene rings is 2. The normalized spacial score (nSPS) is 11.1. The highest BCUT2D eigenvalue weighted by atomic mass is 35.5. The Kier molecular flexibility index (Phi) is 11.6. The average molecular weight is 566 g/mol. The Bertz CT molecular complexity index is 1440. The zero-order valence-electron chi connectivity index (χ0n) is 22.5. The van der Waals surface area contributed by atoms with E-state index in [1.54, 1.807) is 29.1 Å². The van der Waals surface area contributed by atoms with Crippen LogP contribution in [0.4, 0.5) is 24.5 Å². The van der Waals surface area contributed by atoms with Crippen molar-refractivity contribution in [3.8, 4) is 11.4 Å². The summed E-state index contributed by atoms with van der Waals surface area (Å²) in [4.78, 5) is 17.3. The van der Waals surface area contributed by atoms with Crippen molar-refractivity contribution in [2.45, 2.75) is 40.7 Å². The van der Waals surface area contributed by atoms with Gasteiger partial charge in [-0.2, -0.15) is 5.10 Å². The molecule has 4 rings (SSSR count). The third-order valence-corrected chi connectivity index (χ3v) is 5.40. The Morgan fingerprint density at radius 3 is 2.26 bits per heavy atom. The molecule has 0 unspecified atom stereocenters. The predicted molar refractivity (Wildman–Crippen MR) is 146 cm³/mol. The van der Waals surface area contributed by atoms with E-state index >= 15 is 0 Å². The molecule has 0 amide bonds. The minimum absolute atomic E-state index is 0.0280. The summed E-state index contributed by atoms with van der Waals surface area (Å²) < 4.78 is 48.9. The summed E-state index contributed by atoms with van der Waals surface area (Å²) >= 11 is 6.10. The maximum absolute atomic E-state index is 13.8. The molecule has 12 heteroatoms. The van der Waals surface area contributed by atoms with Crippen molar-refractivity contribution in [2.75, 3.05) is 19.0 Å². The van der Waals surface area contributed by atoms with Gasteiger partial charge in [0.05, 0.1) is 31.4 Å². The van der Waals surface area contributed by atoms with Crippen molar-refractivity contribution >= 4 is 23.0 Å². The van der Waals surface area contributed by atoms with Crippen LogP contribution in [0.5, 0.6) is 5.75 Å². The lowest BCUT2D eigenvalue weighted by molar-refractivity contribution is 0.236. The van der Waals surface area contributed by atoms with Crippen LogP contribution in [0.1, 0.15) is 45.0 Å². The number of nitrogens with one attached hydrogen (secondary N) is 1. The number of aryl methyl sites for hydroxylation is 1. The Balaban J connectivity index is 0.00000127. The van der Waals surface area contributed by atoms with Crippen LogP contribution in [0.25, 0.3) is 5.69 Å². The lowest BCUT2D eigenvalue weighted by Crippen LogP contribution is -2.31. The van der Waals surface area contributed by atoms with E-state index in [1.165, 1.54) is 13.2 Å². The van der Waals surface area contributed by atoms with Crippen molar-refractivity contribution < 1.29 is 23.0 Å². The van der Waals surface area contributed by atoms with E-state index in [0.29, 0.717) is 29.3 Å². The molecule has 4 aromatic rings. The van der Waals surface area contributed by atoms with E-state index in [4.69, 9.17) is 16.3 Å². The number of anilines is 2. The zero-order valence-corrected chi connectivity index (χ0v) is 23.2. The number of hydrogen-bond donors (Lipinski definition) is 2. The third kappa shape index (κ3) is 7.18. The highest BCUT2D eigenvalue weighted by Crippen LogP contribution is 2.29. The quantitative estimate of drug-likeness (QED) is 0.259. The summed E-state index contributed by atoms with van der Waals surface area (Å²) in [6.45, 7) is 9.09. The predicted octanol–water partition coefficient (Wildman–Crippen LogP) is 6.19. The van der Waals surface area contributed by atoms with Crippen LogP contribution < -0.4 is 15.6 Å². The van der Waals surface area contributed by atoms with E-state index in [-0.39, 0.29) is 16.4 Å². The van der Waals surface area contributed by atoms with Gasteiger partial charge in [0.2, 0.25) is 0 Å². The number of aliphatic hydroxyl groups is 1. The van der Waals surface area contributed by atoms with Crippen LogP contribution in [-0.2, 0) is 0 Å². The topological polar surface area (TPSA) is 94.2 Å². The maximum Gasteiger partial charge on any atom is 0.291 e. The van der Waals surface area contributed by atoms with Gasteiger partial charge in [-0.3, -0.25) is 4.79 Å². The Morgan fingerprint density at radius 1 is 1.08 bits per heavy atom. The second-order valence-corrected chi connectivity index (χ2v) is 7.95. The molecule has 0 aliphatic carbocycles. The molecule has 0 aliphatic heterocycles. The van der Waals surface area contributed by atoms with Crippen LogP contribution >= 0.6 is 11.6 Å². The lowest BCUT2D eigenvalue weighted by atomic mass is 10.1. The van der Waals surface area contributed by atoms with Gasteiger partial charge in [0, 0.05) is 24.0 Å². The van der Waals surface area contributed by atoms with E-state index in [9.17, 15) is 23.1 Å². The zero-order chi connectivity index (χ0) is 29.3. The van der Waals surface area contributed by atoms with Gasteiger partial charge in [-0.15, -0.1) is 0 Å². The number of methoxy groups -OCH3 is 1. The fraction of sp³-hybridized carbons (Fsp3) is 0.296. The second kappa shape index (κ2) is 14.4. The summed E-state index contributed by atoms with van der Waals surface area (Å²) in [6.07, 6.45) is 3.46. The number of rotatable bonds is 7. The van der Waals surface area contributed by atoms with Crippen LogP contribution in [0.2, 0.25) is 5.15 Å². The van der Waals surface area contributed by atoms with Crippen molar-refractivity contribution in [1.82, 2.24) is 19.3 Å². The number of aromatic nitrogens is 4. The first-order chi connectivity index (χ1) is 18.7. The average Bonchev–Trinajstić information content (AvgIpc) is 3.38. The summed E-state index contributed by atoms with van der Waals surface area (Å²) in [5.41, 5.74) is 1.03. The first kappa shape index (κ1) is 31.4. The molecule has 0 saturated carbocycles. The van der Waals surface area contributed by atoms with Crippen molar-refractivity contribution in [3.05, 3.63) is 93.1 Å². The monoisotopic (exact) mass is 565 g/mol. The lowest BCUT2D eigenvalue weighted by Gasteiger charge is -2.19. The van der Waals surface area contributed by atoms with E-state index in [0.717, 1.165) is 10.4 Å². The molecular weight excluding hydrogens is 535 g/mol. The smallest absolute Gasteiger partial charge is 0.291 e. The van der Waals surface area contributed by atoms with Gasteiger partial charge >= 0.3 is 0 Å². The molecule has 2 aromatic heterocycles. The van der Waals surface area contributed by atoms with Gasteiger partial charge in [0.25, 0.3) is 5.56 Å². The molecule has 0 aliphatic rings. The number of imidazole rings is 1. The SMILES string of the molecule is CC.CC.COc1cc(Nc2cc(Cl)nn([C@@H](CO)c3cc(F)c(F)c(F)c3)c2=O)ccc1-n1cnc(C)c1.